The van der Waals surface area contributed by atoms with Gasteiger partial charge in [0.15, 0.2) is 5.78 Å². The number of H-pyrrole nitrogens is 1. The molecular formula is C14H17NO. The molecule has 0 saturated carbocycles. The summed E-state index contributed by atoms with van der Waals surface area (Å²) in [5.74, 6) is 0.254. The minimum absolute atomic E-state index is 0.0456. The number of fused-ring (bicyclic) bond motifs is 1. The van der Waals surface area contributed by atoms with Gasteiger partial charge in [-0.3, -0.25) is 4.79 Å². The second-order valence-electron chi connectivity index (χ2n) is 4.45. The van der Waals surface area contributed by atoms with Crippen LogP contribution in [0.5, 0.6) is 0 Å². The molecule has 84 valence electrons. The predicted molar refractivity (Wildman–Crippen MR) is 66.8 cm³/mol. The molecule has 0 radical (unpaired) electrons. The molecular weight excluding hydrogens is 198 g/mol. The predicted octanol–water partition coefficient (Wildman–Crippen LogP) is 3.57. The molecule has 0 unspecified atom stereocenters. The van der Waals surface area contributed by atoms with Gasteiger partial charge in [-0.05, 0) is 24.1 Å². The minimum Gasteiger partial charge on any atom is -0.360 e. The van der Waals surface area contributed by atoms with E-state index in [1.165, 1.54) is 5.56 Å². The highest BCUT2D eigenvalue weighted by molar-refractivity contribution is 6.08. The number of hydrogen-bond acceptors (Lipinski definition) is 1. The van der Waals surface area contributed by atoms with Crippen molar-refractivity contribution in [2.75, 3.05) is 0 Å². The number of carbonyl (C=O) groups is 1. The van der Waals surface area contributed by atoms with Gasteiger partial charge in [-0.15, -0.1) is 0 Å². The molecule has 1 heterocycles. The highest BCUT2D eigenvalue weighted by atomic mass is 16.1. The molecule has 16 heavy (non-hydrogen) atoms. The zero-order valence-electron chi connectivity index (χ0n) is 10.0. The topological polar surface area (TPSA) is 32.9 Å². The standard InChI is InChI=1S/C14H17NO/c1-4-10-5-6-13-11(7-10)12(8-15-13)14(16)9(2)3/h5-9,15H,4H2,1-3H3. The van der Waals surface area contributed by atoms with Crippen LogP contribution in [0.25, 0.3) is 10.9 Å². The molecule has 1 aromatic heterocycles. The Morgan fingerprint density at radius 2 is 2.12 bits per heavy atom. The van der Waals surface area contributed by atoms with Crippen molar-refractivity contribution in [1.82, 2.24) is 4.98 Å². The zero-order valence-corrected chi connectivity index (χ0v) is 10.0. The molecule has 1 N–H and O–H groups in total. The average Bonchev–Trinajstić information content (AvgIpc) is 2.70. The fraction of sp³-hybridized carbons (Fsp3) is 0.357. The third kappa shape index (κ3) is 1.75. The molecule has 2 heteroatoms. The van der Waals surface area contributed by atoms with Crippen LogP contribution in [0, 0.1) is 5.92 Å². The van der Waals surface area contributed by atoms with Crippen LogP contribution < -0.4 is 0 Å². The Kier molecular flexibility index (Phi) is 2.82. The highest BCUT2D eigenvalue weighted by Gasteiger charge is 2.15. The smallest absolute Gasteiger partial charge is 0.167 e. The van der Waals surface area contributed by atoms with Crippen LogP contribution in [0.3, 0.4) is 0 Å². The summed E-state index contributed by atoms with van der Waals surface area (Å²) in [6.45, 7) is 5.99. The van der Waals surface area contributed by atoms with E-state index in [1.54, 1.807) is 0 Å². The summed E-state index contributed by atoms with van der Waals surface area (Å²) in [5.41, 5.74) is 3.13. The number of Topliss-reactive ketones (excluding diaryl/α,β-unsaturated/α-hetero) is 1. The molecule has 0 spiro atoms. The van der Waals surface area contributed by atoms with Gasteiger partial charge in [0.25, 0.3) is 0 Å². The van der Waals surface area contributed by atoms with Crippen molar-refractivity contribution < 1.29 is 4.79 Å². The molecule has 0 bridgehead atoms. The van der Waals surface area contributed by atoms with Gasteiger partial charge in [0.05, 0.1) is 0 Å². The largest absolute Gasteiger partial charge is 0.360 e. The maximum Gasteiger partial charge on any atom is 0.167 e. The van der Waals surface area contributed by atoms with E-state index >= 15 is 0 Å². The summed E-state index contributed by atoms with van der Waals surface area (Å²) in [5, 5.41) is 1.05. The zero-order chi connectivity index (χ0) is 11.7. The van der Waals surface area contributed by atoms with Crippen LogP contribution in [-0.2, 0) is 6.42 Å². The molecule has 0 aliphatic carbocycles. The van der Waals surface area contributed by atoms with Gasteiger partial charge in [-0.2, -0.15) is 0 Å². The number of hydrogen-bond donors (Lipinski definition) is 1. The summed E-state index contributed by atoms with van der Waals surface area (Å²) >= 11 is 0. The molecule has 0 aliphatic rings. The summed E-state index contributed by atoms with van der Waals surface area (Å²) in [7, 11) is 0. The molecule has 2 nitrogen and oxygen atoms in total. The molecule has 0 amide bonds. The average molecular weight is 215 g/mol. The number of aromatic nitrogens is 1. The molecule has 1 aromatic carbocycles. The summed E-state index contributed by atoms with van der Waals surface area (Å²) in [6.07, 6.45) is 2.82. The highest BCUT2D eigenvalue weighted by Crippen LogP contribution is 2.22. The lowest BCUT2D eigenvalue weighted by atomic mass is 9.99. The number of benzene rings is 1. The molecule has 0 aliphatic heterocycles. The Balaban J connectivity index is 2.58. The summed E-state index contributed by atoms with van der Waals surface area (Å²) in [4.78, 5) is 15.2. The maximum atomic E-state index is 12.0. The van der Waals surface area contributed by atoms with Crippen molar-refractivity contribution >= 4 is 16.7 Å². The van der Waals surface area contributed by atoms with Crippen molar-refractivity contribution in [2.45, 2.75) is 27.2 Å². The first-order valence-electron chi connectivity index (χ1n) is 5.77. The van der Waals surface area contributed by atoms with Crippen LogP contribution in [-0.4, -0.2) is 10.8 Å². The van der Waals surface area contributed by atoms with Gasteiger partial charge in [0.2, 0.25) is 0 Å². The van der Waals surface area contributed by atoms with Crippen LogP contribution in [0.15, 0.2) is 24.4 Å². The SMILES string of the molecule is CCc1ccc2[nH]cc(C(=O)C(C)C)c2c1. The van der Waals surface area contributed by atoms with E-state index in [-0.39, 0.29) is 11.7 Å². The van der Waals surface area contributed by atoms with E-state index in [4.69, 9.17) is 0 Å². The minimum atomic E-state index is 0.0456. The van der Waals surface area contributed by atoms with E-state index in [0.717, 1.165) is 22.9 Å². The summed E-state index contributed by atoms with van der Waals surface area (Å²) in [6, 6.07) is 6.26. The van der Waals surface area contributed by atoms with E-state index < -0.39 is 0 Å². The van der Waals surface area contributed by atoms with Gasteiger partial charge in [0.1, 0.15) is 0 Å². The van der Waals surface area contributed by atoms with Gasteiger partial charge in [0, 0.05) is 28.6 Å². The maximum absolute atomic E-state index is 12.0. The van der Waals surface area contributed by atoms with Crippen molar-refractivity contribution in [2.24, 2.45) is 5.92 Å². The quantitative estimate of drug-likeness (QED) is 0.780. The van der Waals surface area contributed by atoms with Crippen molar-refractivity contribution in [1.29, 1.82) is 0 Å². The fourth-order valence-corrected chi connectivity index (χ4v) is 1.90. The van der Waals surface area contributed by atoms with Crippen LogP contribution in [0.1, 0.15) is 36.7 Å². The lowest BCUT2D eigenvalue weighted by molar-refractivity contribution is 0.0941. The first-order chi connectivity index (χ1) is 7.63. The van der Waals surface area contributed by atoms with Crippen molar-refractivity contribution in [3.63, 3.8) is 0 Å². The van der Waals surface area contributed by atoms with Crippen LogP contribution >= 0.6 is 0 Å². The van der Waals surface area contributed by atoms with E-state index in [9.17, 15) is 4.79 Å². The number of nitrogens with one attached hydrogen (secondary N) is 1. The van der Waals surface area contributed by atoms with E-state index in [0.29, 0.717) is 0 Å². The monoisotopic (exact) mass is 215 g/mol. The number of ketones is 1. The Hall–Kier alpha value is -1.57. The molecule has 0 fully saturated rings. The lowest BCUT2D eigenvalue weighted by Gasteiger charge is -2.03. The van der Waals surface area contributed by atoms with Gasteiger partial charge < -0.3 is 4.98 Å². The van der Waals surface area contributed by atoms with E-state index in [2.05, 4.69) is 24.0 Å². The van der Waals surface area contributed by atoms with Gasteiger partial charge >= 0.3 is 0 Å². The fourth-order valence-electron chi connectivity index (χ4n) is 1.90. The van der Waals surface area contributed by atoms with Crippen LogP contribution in [0.2, 0.25) is 0 Å². The van der Waals surface area contributed by atoms with Crippen molar-refractivity contribution in [3.05, 3.63) is 35.5 Å². The normalized spacial score (nSPS) is 11.2. The number of carbonyl (C=O) groups excluding carboxylic acids is 1. The number of aryl methyl sites for hydroxylation is 1. The van der Waals surface area contributed by atoms with Gasteiger partial charge in [-0.1, -0.05) is 26.8 Å². The first kappa shape index (κ1) is 10.9. The molecule has 0 saturated heterocycles. The molecule has 2 aromatic rings. The Morgan fingerprint density at radius 1 is 1.38 bits per heavy atom. The third-order valence-corrected chi connectivity index (χ3v) is 2.94. The Labute approximate surface area is 95.7 Å². The Bertz CT molecular complexity index is 523. The summed E-state index contributed by atoms with van der Waals surface area (Å²) < 4.78 is 0. The molecule has 0 atom stereocenters. The molecule has 2 rings (SSSR count). The van der Waals surface area contributed by atoms with Crippen LogP contribution in [0.4, 0.5) is 0 Å². The number of rotatable bonds is 3. The second-order valence-corrected chi connectivity index (χ2v) is 4.45. The first-order valence-corrected chi connectivity index (χ1v) is 5.77. The van der Waals surface area contributed by atoms with Crippen molar-refractivity contribution in [3.8, 4) is 0 Å². The third-order valence-electron chi connectivity index (χ3n) is 2.94. The lowest BCUT2D eigenvalue weighted by Crippen LogP contribution is -2.06. The number of aromatic amines is 1. The Morgan fingerprint density at radius 3 is 2.75 bits per heavy atom. The van der Waals surface area contributed by atoms with Gasteiger partial charge in [-0.25, -0.2) is 0 Å². The second kappa shape index (κ2) is 4.12. The van der Waals surface area contributed by atoms with E-state index in [1.807, 2.05) is 26.1 Å².